The van der Waals surface area contributed by atoms with Crippen LogP contribution in [0.15, 0.2) is 0 Å². The van der Waals surface area contributed by atoms with Gasteiger partial charge in [-0.25, -0.2) is 4.79 Å². The summed E-state index contributed by atoms with van der Waals surface area (Å²) in [5, 5.41) is 0. The normalized spacial score (nSPS) is 25.0. The van der Waals surface area contributed by atoms with Gasteiger partial charge in [0.15, 0.2) is 0 Å². The van der Waals surface area contributed by atoms with Crippen molar-refractivity contribution in [3.05, 3.63) is 0 Å². The van der Waals surface area contributed by atoms with Crippen LogP contribution in [-0.4, -0.2) is 59.4 Å². The number of likely N-dealkylation sites (tertiary alicyclic amines) is 1. The van der Waals surface area contributed by atoms with Gasteiger partial charge in [0.05, 0.1) is 25.3 Å². The minimum atomic E-state index is -2.44. The molecule has 4 unspecified atom stereocenters. The Kier molecular flexibility index (Phi) is 8.04. The van der Waals surface area contributed by atoms with Crippen LogP contribution in [0.3, 0.4) is 0 Å². The first-order valence-electron chi connectivity index (χ1n) is 7.09. The van der Waals surface area contributed by atoms with Gasteiger partial charge in [-0.15, -0.1) is 0 Å². The van der Waals surface area contributed by atoms with Crippen molar-refractivity contribution in [1.29, 1.82) is 0 Å². The molecule has 1 aliphatic heterocycles. The molecule has 9 nitrogen and oxygen atoms in total. The van der Waals surface area contributed by atoms with Gasteiger partial charge in [0.2, 0.25) is 0 Å². The zero-order chi connectivity index (χ0) is 17.6. The first-order chi connectivity index (χ1) is 10.6. The number of amides is 1. The van der Waals surface area contributed by atoms with Gasteiger partial charge in [-0.3, -0.25) is 22.4 Å². The third kappa shape index (κ3) is 7.68. The van der Waals surface area contributed by atoms with Crippen molar-refractivity contribution in [2.45, 2.75) is 57.7 Å². The lowest BCUT2D eigenvalue weighted by Gasteiger charge is -2.41. The quantitative estimate of drug-likeness (QED) is 0.671. The number of hydrogen-bond acceptors (Lipinski definition) is 6. The summed E-state index contributed by atoms with van der Waals surface area (Å²) in [6.45, 7) is 4.88. The summed E-state index contributed by atoms with van der Waals surface area (Å²) >= 11 is -4.87. The summed E-state index contributed by atoms with van der Waals surface area (Å²) in [6, 6.07) is -0.953. The second-order valence-corrected chi connectivity index (χ2v) is 7.47. The van der Waals surface area contributed by atoms with Crippen molar-refractivity contribution in [3.63, 3.8) is 0 Å². The highest BCUT2D eigenvalue weighted by molar-refractivity contribution is 7.74. The third-order valence-corrected chi connectivity index (χ3v) is 3.86. The molecule has 1 aliphatic rings. The summed E-state index contributed by atoms with van der Waals surface area (Å²) in [5.41, 5.74) is -0.717. The summed E-state index contributed by atoms with van der Waals surface area (Å²) in [5.74, 6) is 0. The third-order valence-electron chi connectivity index (χ3n) is 3.19. The fourth-order valence-corrected chi connectivity index (χ4v) is 2.93. The molecule has 0 aromatic heterocycles. The Balaban J connectivity index is 2.87. The minimum Gasteiger partial charge on any atom is -0.444 e. The van der Waals surface area contributed by atoms with E-state index in [-0.39, 0.29) is 13.2 Å². The number of nitrogens with zero attached hydrogens (tertiary/aromatic N) is 1. The highest BCUT2D eigenvalue weighted by atomic mass is 32.2. The Morgan fingerprint density at radius 2 is 1.52 bits per heavy atom. The average molecular weight is 373 g/mol. The van der Waals surface area contributed by atoms with Crippen LogP contribution in [0.5, 0.6) is 0 Å². The molecule has 136 valence electrons. The Bertz CT molecular complexity index is 427. The lowest BCUT2D eigenvalue weighted by Crippen LogP contribution is -2.54. The maximum absolute atomic E-state index is 12.4. The van der Waals surface area contributed by atoms with E-state index >= 15 is 0 Å². The fourth-order valence-electron chi connectivity index (χ4n) is 2.38. The predicted molar refractivity (Wildman–Crippen MR) is 82.9 cm³/mol. The van der Waals surface area contributed by atoms with E-state index in [1.54, 1.807) is 20.8 Å². The van der Waals surface area contributed by atoms with E-state index in [0.29, 0.717) is 12.8 Å². The molecule has 0 aliphatic carbocycles. The van der Waals surface area contributed by atoms with Crippen LogP contribution in [0.1, 0.15) is 40.0 Å². The van der Waals surface area contributed by atoms with Crippen molar-refractivity contribution in [1.82, 2.24) is 4.90 Å². The number of carbonyl (C=O) groups excluding carboxylic acids is 1. The monoisotopic (exact) mass is 373 g/mol. The maximum atomic E-state index is 12.4. The molecular weight excluding hydrogens is 350 g/mol. The number of rotatable bonds is 6. The molecule has 1 saturated heterocycles. The van der Waals surface area contributed by atoms with Gasteiger partial charge in [-0.1, -0.05) is 0 Å². The summed E-state index contributed by atoms with van der Waals surface area (Å²) in [4.78, 5) is 13.8. The van der Waals surface area contributed by atoms with Crippen molar-refractivity contribution in [3.8, 4) is 0 Å². The van der Waals surface area contributed by atoms with Crippen LogP contribution in [0.2, 0.25) is 0 Å². The van der Waals surface area contributed by atoms with E-state index in [9.17, 15) is 13.2 Å². The van der Waals surface area contributed by atoms with Gasteiger partial charge >= 0.3 is 28.8 Å². The number of carbonyl (C=O) groups is 1. The molecule has 0 aromatic rings. The van der Waals surface area contributed by atoms with Gasteiger partial charge in [0.25, 0.3) is 0 Å². The Hall–Kier alpha value is -0.590. The lowest BCUT2D eigenvalue weighted by atomic mass is 9.97. The van der Waals surface area contributed by atoms with E-state index in [2.05, 4.69) is 0 Å². The Morgan fingerprint density at radius 3 is 1.87 bits per heavy atom. The second-order valence-electron chi connectivity index (χ2n) is 6.13. The second kappa shape index (κ2) is 9.04. The maximum Gasteiger partial charge on any atom is 0.410 e. The average Bonchev–Trinajstić information content (AvgIpc) is 2.40. The molecule has 1 amide bonds. The molecule has 1 fully saturated rings. The van der Waals surface area contributed by atoms with E-state index in [4.69, 9.17) is 22.2 Å². The number of hydrogen-bond donors (Lipinski definition) is 2. The van der Waals surface area contributed by atoms with Crippen LogP contribution in [0, 0.1) is 0 Å². The number of ether oxygens (including phenoxy) is 1. The van der Waals surface area contributed by atoms with Gasteiger partial charge in [0.1, 0.15) is 5.60 Å². The molecule has 0 bridgehead atoms. The number of piperidine rings is 1. The van der Waals surface area contributed by atoms with Crippen LogP contribution >= 0.6 is 0 Å². The minimum absolute atomic E-state index is 0.138. The SMILES string of the molecule is CC(C)(C)OC(=O)N1C(COS(=O)O)CCCC1COS(=O)O. The van der Waals surface area contributed by atoms with Crippen LogP contribution < -0.4 is 0 Å². The van der Waals surface area contributed by atoms with Gasteiger partial charge in [-0.2, -0.15) is 8.42 Å². The van der Waals surface area contributed by atoms with Gasteiger partial charge < -0.3 is 4.74 Å². The molecular formula is C12H23NO8S2. The van der Waals surface area contributed by atoms with Crippen molar-refractivity contribution < 1.29 is 35.4 Å². The van der Waals surface area contributed by atoms with Crippen LogP contribution in [-0.2, 0) is 35.8 Å². The molecule has 0 spiro atoms. The molecule has 11 heteroatoms. The summed E-state index contributed by atoms with van der Waals surface area (Å²) < 4.78 is 53.6. The molecule has 1 rings (SSSR count). The predicted octanol–water partition coefficient (Wildman–Crippen LogP) is 1.45. The summed E-state index contributed by atoms with van der Waals surface area (Å²) in [6.07, 6.45) is 1.23. The van der Waals surface area contributed by atoms with E-state index in [0.717, 1.165) is 6.42 Å². The van der Waals surface area contributed by atoms with Gasteiger partial charge in [-0.05, 0) is 40.0 Å². The first kappa shape index (κ1) is 20.5. The zero-order valence-electron chi connectivity index (χ0n) is 13.3. The van der Waals surface area contributed by atoms with Gasteiger partial charge in [0, 0.05) is 0 Å². The highest BCUT2D eigenvalue weighted by Gasteiger charge is 2.37. The molecule has 0 radical (unpaired) electrons. The van der Waals surface area contributed by atoms with E-state index in [1.165, 1.54) is 4.90 Å². The van der Waals surface area contributed by atoms with Crippen molar-refractivity contribution in [2.24, 2.45) is 0 Å². The largest absolute Gasteiger partial charge is 0.444 e. The van der Waals surface area contributed by atoms with E-state index < -0.39 is 46.5 Å². The molecule has 1 heterocycles. The van der Waals surface area contributed by atoms with Crippen LogP contribution in [0.25, 0.3) is 0 Å². The summed E-state index contributed by atoms with van der Waals surface area (Å²) in [7, 11) is 0. The molecule has 23 heavy (non-hydrogen) atoms. The smallest absolute Gasteiger partial charge is 0.410 e. The standard InChI is InChI=1S/C12H23NO8S2/c1-12(2,3)21-11(14)13-9(7-19-22(15)16)5-4-6-10(13)8-20-23(17)18/h9-10H,4-8H2,1-3H3,(H,15,16)(H,17,18). The lowest BCUT2D eigenvalue weighted by molar-refractivity contribution is -0.0200. The van der Waals surface area contributed by atoms with Crippen LogP contribution in [0.4, 0.5) is 4.79 Å². The zero-order valence-corrected chi connectivity index (χ0v) is 14.9. The van der Waals surface area contributed by atoms with Crippen molar-refractivity contribution in [2.75, 3.05) is 13.2 Å². The Labute approximate surface area is 140 Å². The highest BCUT2D eigenvalue weighted by Crippen LogP contribution is 2.26. The van der Waals surface area contributed by atoms with Crippen molar-refractivity contribution >= 4 is 28.8 Å². The molecule has 4 atom stereocenters. The molecule has 2 N–H and O–H groups in total. The fraction of sp³-hybridized carbons (Fsp3) is 0.917. The first-order valence-corrected chi connectivity index (χ1v) is 9.16. The van der Waals surface area contributed by atoms with E-state index in [1.807, 2.05) is 0 Å². The topological polar surface area (TPSA) is 123 Å². The Morgan fingerprint density at radius 1 is 1.09 bits per heavy atom. The molecule has 0 aromatic carbocycles. The molecule has 0 saturated carbocycles.